The number of anilines is 1. The summed E-state index contributed by atoms with van der Waals surface area (Å²) in [4.78, 5) is 18.1. The quantitative estimate of drug-likeness (QED) is 0.906. The Balaban J connectivity index is 1.90. The smallest absolute Gasteiger partial charge is 0.253 e. The number of likely N-dealkylation sites (N-methyl/N-ethyl adjacent to an activating group) is 1. The van der Waals surface area contributed by atoms with Crippen LogP contribution in [0.5, 0.6) is 0 Å². The van der Waals surface area contributed by atoms with E-state index in [0.29, 0.717) is 5.56 Å². The maximum atomic E-state index is 12.0. The van der Waals surface area contributed by atoms with Gasteiger partial charge in [0.25, 0.3) is 5.91 Å². The van der Waals surface area contributed by atoms with Crippen molar-refractivity contribution in [2.75, 3.05) is 18.5 Å². The molecule has 1 aromatic heterocycles. The highest BCUT2D eigenvalue weighted by molar-refractivity contribution is 5.94. The van der Waals surface area contributed by atoms with Crippen LogP contribution >= 0.6 is 0 Å². The molecule has 0 radical (unpaired) electrons. The summed E-state index contributed by atoms with van der Waals surface area (Å²) in [7, 11) is 2.02. The number of benzene rings is 1. The van der Waals surface area contributed by atoms with Gasteiger partial charge in [-0.2, -0.15) is 0 Å². The number of nitrogens with zero attached hydrogens (tertiary/aromatic N) is 2. The van der Waals surface area contributed by atoms with Crippen LogP contribution in [0.1, 0.15) is 17.3 Å². The van der Waals surface area contributed by atoms with Crippen molar-refractivity contribution in [3.05, 3.63) is 60.4 Å². The van der Waals surface area contributed by atoms with Gasteiger partial charge < -0.3 is 10.2 Å². The molecule has 1 aromatic carbocycles. The van der Waals surface area contributed by atoms with Crippen LogP contribution in [0.25, 0.3) is 0 Å². The average molecular weight is 269 g/mol. The van der Waals surface area contributed by atoms with Gasteiger partial charge >= 0.3 is 0 Å². The van der Waals surface area contributed by atoms with Crippen LogP contribution in [0.15, 0.2) is 54.9 Å². The van der Waals surface area contributed by atoms with Crippen molar-refractivity contribution in [1.29, 1.82) is 0 Å². The van der Waals surface area contributed by atoms with E-state index in [0.717, 1.165) is 12.2 Å². The molecular weight excluding hydrogens is 250 g/mol. The van der Waals surface area contributed by atoms with Gasteiger partial charge in [-0.1, -0.05) is 18.2 Å². The predicted octanol–water partition coefficient (Wildman–Crippen LogP) is 2.34. The van der Waals surface area contributed by atoms with Gasteiger partial charge in [0.15, 0.2) is 0 Å². The van der Waals surface area contributed by atoms with E-state index in [9.17, 15) is 4.79 Å². The first-order chi connectivity index (χ1) is 9.66. The number of hydrogen-bond donors (Lipinski definition) is 1. The van der Waals surface area contributed by atoms with Gasteiger partial charge in [0.05, 0.1) is 5.56 Å². The van der Waals surface area contributed by atoms with Gasteiger partial charge in [0.1, 0.15) is 0 Å². The number of aromatic nitrogens is 1. The maximum absolute atomic E-state index is 12.0. The Hall–Kier alpha value is -2.36. The lowest BCUT2D eigenvalue weighted by atomic mass is 10.2. The van der Waals surface area contributed by atoms with Crippen LogP contribution in [-0.2, 0) is 0 Å². The summed E-state index contributed by atoms with van der Waals surface area (Å²) in [5.41, 5.74) is 1.72. The zero-order valence-electron chi connectivity index (χ0n) is 11.8. The summed E-state index contributed by atoms with van der Waals surface area (Å²) in [5.74, 6) is -0.0907. The molecule has 0 aliphatic heterocycles. The highest BCUT2D eigenvalue weighted by Gasteiger charge is 2.11. The second kappa shape index (κ2) is 6.70. The molecule has 0 unspecified atom stereocenters. The van der Waals surface area contributed by atoms with Crippen molar-refractivity contribution in [2.24, 2.45) is 0 Å². The predicted molar refractivity (Wildman–Crippen MR) is 80.9 cm³/mol. The SMILES string of the molecule is C[C@H](CN(C)c1ccccc1)NC(=O)c1cccnc1. The minimum absolute atomic E-state index is 0.0490. The molecule has 0 saturated heterocycles. The molecular formula is C16H19N3O. The van der Waals surface area contributed by atoms with Crippen molar-refractivity contribution in [3.63, 3.8) is 0 Å². The van der Waals surface area contributed by atoms with Crippen molar-refractivity contribution in [3.8, 4) is 0 Å². The fraction of sp³-hybridized carbons (Fsp3) is 0.250. The fourth-order valence-corrected chi connectivity index (χ4v) is 2.05. The number of nitrogens with one attached hydrogen (secondary N) is 1. The van der Waals surface area contributed by atoms with Crippen molar-refractivity contribution in [2.45, 2.75) is 13.0 Å². The maximum Gasteiger partial charge on any atom is 0.253 e. The number of carbonyl (C=O) groups excluding carboxylic acids is 1. The Morgan fingerprint density at radius 2 is 2.00 bits per heavy atom. The molecule has 1 amide bonds. The number of pyridine rings is 1. The Kier molecular flexibility index (Phi) is 4.71. The first-order valence-corrected chi connectivity index (χ1v) is 6.64. The van der Waals surface area contributed by atoms with Gasteiger partial charge in [-0.05, 0) is 31.2 Å². The molecule has 0 bridgehead atoms. The number of hydrogen-bond acceptors (Lipinski definition) is 3. The third kappa shape index (κ3) is 3.82. The molecule has 4 heteroatoms. The van der Waals surface area contributed by atoms with E-state index < -0.39 is 0 Å². The van der Waals surface area contributed by atoms with Crippen molar-refractivity contribution >= 4 is 11.6 Å². The van der Waals surface area contributed by atoms with Gasteiger partial charge in [-0.3, -0.25) is 9.78 Å². The third-order valence-corrected chi connectivity index (χ3v) is 3.05. The van der Waals surface area contributed by atoms with E-state index in [1.165, 1.54) is 0 Å². The Bertz CT molecular complexity index is 542. The second-order valence-electron chi connectivity index (χ2n) is 4.83. The molecule has 0 spiro atoms. The lowest BCUT2D eigenvalue weighted by molar-refractivity contribution is 0.0941. The molecule has 0 fully saturated rings. The molecule has 4 nitrogen and oxygen atoms in total. The molecule has 1 atom stereocenters. The van der Waals surface area contributed by atoms with Crippen LogP contribution < -0.4 is 10.2 Å². The Morgan fingerprint density at radius 3 is 2.65 bits per heavy atom. The summed E-state index contributed by atoms with van der Waals surface area (Å²) < 4.78 is 0. The van der Waals surface area contributed by atoms with E-state index in [1.54, 1.807) is 24.5 Å². The summed E-state index contributed by atoms with van der Waals surface area (Å²) in [5, 5.41) is 2.98. The van der Waals surface area contributed by atoms with E-state index in [2.05, 4.69) is 27.3 Å². The standard InChI is InChI=1S/C16H19N3O/c1-13(12-19(2)15-8-4-3-5-9-15)18-16(20)14-7-6-10-17-11-14/h3-11,13H,12H2,1-2H3,(H,18,20)/t13-/m1/s1. The number of rotatable bonds is 5. The van der Waals surface area contributed by atoms with Crippen LogP contribution in [0.2, 0.25) is 0 Å². The van der Waals surface area contributed by atoms with E-state index in [-0.39, 0.29) is 11.9 Å². The molecule has 0 aliphatic carbocycles. The summed E-state index contributed by atoms with van der Waals surface area (Å²) in [6.45, 7) is 2.74. The van der Waals surface area contributed by atoms with Crippen molar-refractivity contribution in [1.82, 2.24) is 10.3 Å². The van der Waals surface area contributed by atoms with E-state index in [4.69, 9.17) is 0 Å². The van der Waals surface area contributed by atoms with Gasteiger partial charge in [-0.15, -0.1) is 0 Å². The molecule has 20 heavy (non-hydrogen) atoms. The lowest BCUT2D eigenvalue weighted by Gasteiger charge is -2.24. The third-order valence-electron chi connectivity index (χ3n) is 3.05. The molecule has 1 heterocycles. The van der Waals surface area contributed by atoms with Crippen LogP contribution in [0.4, 0.5) is 5.69 Å². The highest BCUT2D eigenvalue weighted by atomic mass is 16.1. The van der Waals surface area contributed by atoms with Gasteiger partial charge in [-0.25, -0.2) is 0 Å². The fourth-order valence-electron chi connectivity index (χ4n) is 2.05. The first kappa shape index (κ1) is 14.1. The number of para-hydroxylation sites is 1. The van der Waals surface area contributed by atoms with Crippen molar-refractivity contribution < 1.29 is 4.79 Å². The normalized spacial score (nSPS) is 11.7. The Labute approximate surface area is 119 Å². The minimum atomic E-state index is -0.0907. The average Bonchev–Trinajstić information content (AvgIpc) is 2.49. The molecule has 0 saturated carbocycles. The Morgan fingerprint density at radius 1 is 1.25 bits per heavy atom. The molecule has 0 aliphatic rings. The monoisotopic (exact) mass is 269 g/mol. The number of amides is 1. The molecule has 2 aromatic rings. The van der Waals surface area contributed by atoms with Crippen LogP contribution in [0, 0.1) is 0 Å². The summed E-state index contributed by atoms with van der Waals surface area (Å²) in [6, 6.07) is 13.7. The first-order valence-electron chi connectivity index (χ1n) is 6.64. The molecule has 2 rings (SSSR count). The zero-order valence-corrected chi connectivity index (χ0v) is 11.8. The zero-order chi connectivity index (χ0) is 14.4. The van der Waals surface area contributed by atoms with Gasteiger partial charge in [0.2, 0.25) is 0 Å². The second-order valence-corrected chi connectivity index (χ2v) is 4.83. The van der Waals surface area contributed by atoms with Gasteiger partial charge in [0, 0.05) is 37.7 Å². The topological polar surface area (TPSA) is 45.2 Å². The van der Waals surface area contributed by atoms with Crippen LogP contribution in [0.3, 0.4) is 0 Å². The summed E-state index contributed by atoms with van der Waals surface area (Å²) in [6.07, 6.45) is 3.23. The van der Waals surface area contributed by atoms with Crippen LogP contribution in [-0.4, -0.2) is 30.5 Å². The molecule has 104 valence electrons. The summed E-state index contributed by atoms with van der Waals surface area (Å²) >= 11 is 0. The lowest BCUT2D eigenvalue weighted by Crippen LogP contribution is -2.40. The largest absolute Gasteiger partial charge is 0.373 e. The molecule has 1 N–H and O–H groups in total. The highest BCUT2D eigenvalue weighted by Crippen LogP contribution is 2.11. The number of carbonyl (C=O) groups is 1. The van der Waals surface area contributed by atoms with E-state index >= 15 is 0 Å². The minimum Gasteiger partial charge on any atom is -0.373 e. The van der Waals surface area contributed by atoms with E-state index in [1.807, 2.05) is 32.2 Å².